The molecule has 3 heteroatoms. The lowest BCUT2D eigenvalue weighted by Crippen LogP contribution is -2.29. The molecule has 3 nitrogen and oxygen atoms in total. The van der Waals surface area contributed by atoms with Crippen molar-refractivity contribution in [2.45, 2.75) is 38.6 Å². The van der Waals surface area contributed by atoms with Gasteiger partial charge in [-0.1, -0.05) is 19.8 Å². The van der Waals surface area contributed by atoms with E-state index in [1.807, 2.05) is 12.1 Å². The van der Waals surface area contributed by atoms with Crippen LogP contribution in [0.4, 0.5) is 0 Å². The second-order valence-electron chi connectivity index (χ2n) is 5.15. The van der Waals surface area contributed by atoms with Crippen molar-refractivity contribution in [3.63, 3.8) is 0 Å². The van der Waals surface area contributed by atoms with Crippen LogP contribution in [0, 0.1) is 0 Å². The Kier molecular flexibility index (Phi) is 3.00. The van der Waals surface area contributed by atoms with E-state index in [0.717, 1.165) is 18.5 Å². The van der Waals surface area contributed by atoms with E-state index in [1.54, 1.807) is 6.07 Å². The van der Waals surface area contributed by atoms with Gasteiger partial charge >= 0.3 is 0 Å². The first-order valence-electron chi connectivity index (χ1n) is 6.86. The van der Waals surface area contributed by atoms with E-state index in [9.17, 15) is 5.11 Å². The molecule has 3 N–H and O–H groups in total. The molecule has 0 amide bonds. The van der Waals surface area contributed by atoms with E-state index in [0.29, 0.717) is 11.8 Å². The maximum Gasteiger partial charge on any atom is 0.116 e. The number of benzene rings is 1. The van der Waals surface area contributed by atoms with Crippen molar-refractivity contribution in [3.8, 4) is 5.75 Å². The van der Waals surface area contributed by atoms with Gasteiger partial charge in [0.1, 0.15) is 5.75 Å². The highest BCUT2D eigenvalue weighted by molar-refractivity contribution is 5.86. The Bertz CT molecular complexity index is 559. The predicted octanol–water partition coefficient (Wildman–Crippen LogP) is 3.25. The average Bonchev–Trinajstić information content (AvgIpc) is 2.75. The molecule has 2 aromatic rings. The second kappa shape index (κ2) is 4.65. The molecule has 1 aliphatic rings. The van der Waals surface area contributed by atoms with Gasteiger partial charge in [0.25, 0.3) is 0 Å². The Morgan fingerprint density at radius 3 is 3.11 bits per heavy atom. The Balaban J connectivity index is 2.04. The molecule has 0 aliphatic carbocycles. The van der Waals surface area contributed by atoms with Crippen LogP contribution in [-0.4, -0.2) is 16.6 Å². The molecule has 1 aromatic heterocycles. The Morgan fingerprint density at radius 2 is 2.28 bits per heavy atom. The molecule has 3 rings (SSSR count). The molecule has 1 atom stereocenters. The molecule has 0 saturated carbocycles. The smallest absolute Gasteiger partial charge is 0.116 e. The largest absolute Gasteiger partial charge is 0.508 e. The minimum absolute atomic E-state index is 0.355. The third kappa shape index (κ3) is 1.89. The van der Waals surface area contributed by atoms with Gasteiger partial charge in [-0.05, 0) is 43.1 Å². The number of fused-ring (bicyclic) bond motifs is 3. The van der Waals surface area contributed by atoms with E-state index in [2.05, 4.69) is 17.2 Å². The lowest BCUT2D eigenvalue weighted by atomic mass is 9.96. The minimum atomic E-state index is 0.355. The summed E-state index contributed by atoms with van der Waals surface area (Å²) in [5, 5.41) is 14.4. The minimum Gasteiger partial charge on any atom is -0.508 e. The van der Waals surface area contributed by atoms with Gasteiger partial charge in [-0.2, -0.15) is 0 Å². The molecule has 0 spiro atoms. The number of hydrogen-bond acceptors (Lipinski definition) is 2. The van der Waals surface area contributed by atoms with Crippen LogP contribution < -0.4 is 5.32 Å². The molecule has 1 aliphatic heterocycles. The molecule has 1 unspecified atom stereocenters. The van der Waals surface area contributed by atoms with Gasteiger partial charge in [-0.15, -0.1) is 0 Å². The SMILES string of the molecule is CCCCC1NCCc2c1[nH]c1ccc(O)cc21. The number of phenols is 1. The summed E-state index contributed by atoms with van der Waals surface area (Å²) in [6, 6.07) is 6.05. The van der Waals surface area contributed by atoms with Gasteiger partial charge in [0.05, 0.1) is 0 Å². The van der Waals surface area contributed by atoms with Crippen LogP contribution >= 0.6 is 0 Å². The molecule has 0 saturated heterocycles. The number of rotatable bonds is 3. The molecule has 0 bridgehead atoms. The summed E-state index contributed by atoms with van der Waals surface area (Å²) >= 11 is 0. The van der Waals surface area contributed by atoms with Crippen molar-refractivity contribution < 1.29 is 5.11 Å². The topological polar surface area (TPSA) is 48.0 Å². The summed E-state index contributed by atoms with van der Waals surface area (Å²) < 4.78 is 0. The lowest BCUT2D eigenvalue weighted by Gasteiger charge is -2.24. The molecule has 0 radical (unpaired) electrons. The number of nitrogens with one attached hydrogen (secondary N) is 2. The lowest BCUT2D eigenvalue weighted by molar-refractivity contribution is 0.453. The highest BCUT2D eigenvalue weighted by atomic mass is 16.3. The molecular formula is C15H20N2O. The monoisotopic (exact) mass is 244 g/mol. The fraction of sp³-hybridized carbons (Fsp3) is 0.467. The van der Waals surface area contributed by atoms with Gasteiger partial charge in [0.2, 0.25) is 0 Å². The number of hydrogen-bond donors (Lipinski definition) is 3. The van der Waals surface area contributed by atoms with Crippen LogP contribution in [0.15, 0.2) is 18.2 Å². The van der Waals surface area contributed by atoms with Gasteiger partial charge in [-0.25, -0.2) is 0 Å². The number of H-pyrrole nitrogens is 1. The highest BCUT2D eigenvalue weighted by Crippen LogP contribution is 2.33. The van der Waals surface area contributed by atoms with Crippen LogP contribution in [0.1, 0.15) is 43.5 Å². The number of aromatic hydroxyl groups is 1. The number of unbranched alkanes of at least 4 members (excludes halogenated alkanes) is 1. The molecule has 18 heavy (non-hydrogen) atoms. The van der Waals surface area contributed by atoms with E-state index in [4.69, 9.17) is 0 Å². The van der Waals surface area contributed by atoms with Crippen LogP contribution in [0.5, 0.6) is 5.75 Å². The number of aromatic amines is 1. The fourth-order valence-corrected chi connectivity index (χ4v) is 2.95. The van der Waals surface area contributed by atoms with Crippen LogP contribution in [0.2, 0.25) is 0 Å². The Morgan fingerprint density at radius 1 is 1.39 bits per heavy atom. The van der Waals surface area contributed by atoms with Crippen LogP contribution in [0.3, 0.4) is 0 Å². The van der Waals surface area contributed by atoms with Crippen molar-refractivity contribution in [2.24, 2.45) is 0 Å². The van der Waals surface area contributed by atoms with Gasteiger partial charge < -0.3 is 15.4 Å². The highest BCUT2D eigenvalue weighted by Gasteiger charge is 2.23. The zero-order valence-electron chi connectivity index (χ0n) is 10.8. The van der Waals surface area contributed by atoms with E-state index in [-0.39, 0.29) is 0 Å². The second-order valence-corrected chi connectivity index (χ2v) is 5.15. The number of aromatic nitrogens is 1. The molecular weight excluding hydrogens is 224 g/mol. The maximum atomic E-state index is 9.63. The van der Waals surface area contributed by atoms with Gasteiger partial charge in [0.15, 0.2) is 0 Å². The Hall–Kier alpha value is -1.48. The van der Waals surface area contributed by atoms with Crippen molar-refractivity contribution in [1.82, 2.24) is 10.3 Å². The molecule has 0 fully saturated rings. The summed E-state index contributed by atoms with van der Waals surface area (Å²) in [7, 11) is 0. The summed E-state index contributed by atoms with van der Waals surface area (Å²) in [4.78, 5) is 3.53. The fourth-order valence-electron chi connectivity index (χ4n) is 2.95. The Labute approximate surface area is 107 Å². The summed E-state index contributed by atoms with van der Waals surface area (Å²) in [6.07, 6.45) is 4.70. The molecule has 96 valence electrons. The van der Waals surface area contributed by atoms with Gasteiger partial charge in [-0.3, -0.25) is 0 Å². The van der Waals surface area contributed by atoms with Crippen molar-refractivity contribution >= 4 is 10.9 Å². The third-order valence-corrected chi connectivity index (χ3v) is 3.88. The van der Waals surface area contributed by atoms with Crippen LogP contribution in [-0.2, 0) is 6.42 Å². The third-order valence-electron chi connectivity index (χ3n) is 3.88. The predicted molar refractivity (Wildman–Crippen MR) is 73.9 cm³/mol. The average molecular weight is 244 g/mol. The van der Waals surface area contributed by atoms with E-state index in [1.165, 1.54) is 35.9 Å². The van der Waals surface area contributed by atoms with Gasteiger partial charge in [0, 0.05) is 22.6 Å². The zero-order valence-corrected chi connectivity index (χ0v) is 10.8. The quantitative estimate of drug-likeness (QED) is 0.776. The molecule has 2 heterocycles. The summed E-state index contributed by atoms with van der Waals surface area (Å²) in [5.41, 5.74) is 3.86. The standard InChI is InChI=1S/C15H20N2O/c1-2-3-4-14-15-11(7-8-16-14)12-9-10(18)5-6-13(12)17-15/h5-6,9,14,16-18H,2-4,7-8H2,1H3. The summed E-state index contributed by atoms with van der Waals surface area (Å²) in [6.45, 7) is 3.26. The van der Waals surface area contributed by atoms with Crippen molar-refractivity contribution in [1.29, 1.82) is 0 Å². The number of phenolic OH excluding ortho intramolecular Hbond substituents is 1. The van der Waals surface area contributed by atoms with Crippen molar-refractivity contribution in [3.05, 3.63) is 29.5 Å². The van der Waals surface area contributed by atoms with Crippen LogP contribution in [0.25, 0.3) is 10.9 Å². The molecule has 1 aromatic carbocycles. The van der Waals surface area contributed by atoms with E-state index >= 15 is 0 Å². The first kappa shape index (κ1) is 11.6. The first-order chi connectivity index (χ1) is 8.79. The first-order valence-corrected chi connectivity index (χ1v) is 6.86. The van der Waals surface area contributed by atoms with E-state index < -0.39 is 0 Å². The zero-order chi connectivity index (χ0) is 12.5. The van der Waals surface area contributed by atoms with Crippen molar-refractivity contribution in [2.75, 3.05) is 6.54 Å². The maximum absolute atomic E-state index is 9.63. The summed E-state index contributed by atoms with van der Waals surface area (Å²) in [5.74, 6) is 0.355. The normalized spacial score (nSPS) is 19.1.